The molecule has 176 valence electrons. The number of hydrogen-bond donors (Lipinski definition) is 2. The molecule has 1 aromatic heterocycles. The number of urea groups is 1. The van der Waals surface area contributed by atoms with Crippen LogP contribution in [0.3, 0.4) is 0 Å². The van der Waals surface area contributed by atoms with Crippen molar-refractivity contribution >= 4 is 28.7 Å². The molecule has 0 bridgehead atoms. The molecule has 0 aliphatic rings. The van der Waals surface area contributed by atoms with E-state index in [4.69, 9.17) is 9.47 Å². The van der Waals surface area contributed by atoms with Crippen molar-refractivity contribution < 1.29 is 37.0 Å². The number of halogens is 3. The number of hydrogen-bond acceptors (Lipinski definition) is 8. The molecule has 9 nitrogen and oxygen atoms in total. The highest BCUT2D eigenvalue weighted by Crippen LogP contribution is 2.39. The summed E-state index contributed by atoms with van der Waals surface area (Å²) in [6.07, 6.45) is -0.434. The normalized spacial score (nSPS) is 10.8. The van der Waals surface area contributed by atoms with E-state index in [9.17, 15) is 22.8 Å². The largest absolute Gasteiger partial charge is 0.513 e. The molecule has 13 heteroatoms. The van der Waals surface area contributed by atoms with Crippen LogP contribution in [0.5, 0.6) is 11.6 Å². The standard InChI is InChI=1S/C19H23F3N4O5S/c1-10-8-12(20)11(14(22)13(10)21)9-30-16-15(31-19(28)29-4)17(32-25-16)24-18(27)23-6-5-7-26(2)3/h8H,5-7,9H2,1-4H3,(H2,23,24,27). The van der Waals surface area contributed by atoms with Crippen LogP contribution in [0, 0.1) is 24.4 Å². The highest BCUT2D eigenvalue weighted by atomic mass is 32.1. The third kappa shape index (κ3) is 6.72. The van der Waals surface area contributed by atoms with E-state index < -0.39 is 41.8 Å². The molecular formula is C19H23F3N4O5S. The number of nitrogens with one attached hydrogen (secondary N) is 2. The lowest BCUT2D eigenvalue weighted by atomic mass is 10.1. The molecule has 0 spiro atoms. The molecule has 0 atom stereocenters. The zero-order chi connectivity index (χ0) is 23.8. The summed E-state index contributed by atoms with van der Waals surface area (Å²) < 4.78 is 60.4. The number of rotatable bonds is 9. The van der Waals surface area contributed by atoms with E-state index in [1.54, 1.807) is 0 Å². The minimum absolute atomic E-state index is 0.00783. The van der Waals surface area contributed by atoms with Gasteiger partial charge in [0, 0.05) is 6.54 Å². The lowest BCUT2D eigenvalue weighted by Crippen LogP contribution is -2.31. The van der Waals surface area contributed by atoms with Crippen LogP contribution >= 0.6 is 11.5 Å². The maximum Gasteiger partial charge on any atom is 0.513 e. The predicted octanol–water partition coefficient (Wildman–Crippen LogP) is 3.67. The van der Waals surface area contributed by atoms with E-state index in [-0.39, 0.29) is 22.2 Å². The zero-order valence-electron chi connectivity index (χ0n) is 17.9. The highest BCUT2D eigenvalue weighted by molar-refractivity contribution is 7.11. The van der Waals surface area contributed by atoms with Crippen molar-refractivity contribution in [2.75, 3.05) is 39.6 Å². The van der Waals surface area contributed by atoms with Gasteiger partial charge in [-0.3, -0.25) is 5.32 Å². The molecule has 0 aliphatic carbocycles. The predicted molar refractivity (Wildman–Crippen MR) is 111 cm³/mol. The van der Waals surface area contributed by atoms with Gasteiger partial charge >= 0.3 is 12.2 Å². The van der Waals surface area contributed by atoms with Gasteiger partial charge in [0.25, 0.3) is 5.88 Å². The maximum atomic E-state index is 14.1. The summed E-state index contributed by atoms with van der Waals surface area (Å²) in [5.74, 6) is -4.28. The van der Waals surface area contributed by atoms with Crippen LogP contribution in [0.4, 0.5) is 27.8 Å². The van der Waals surface area contributed by atoms with E-state index in [2.05, 4.69) is 19.7 Å². The van der Waals surface area contributed by atoms with Gasteiger partial charge in [-0.1, -0.05) is 0 Å². The summed E-state index contributed by atoms with van der Waals surface area (Å²) in [5.41, 5.74) is -0.867. The molecule has 2 aromatic rings. The second kappa shape index (κ2) is 11.5. The maximum absolute atomic E-state index is 14.1. The Morgan fingerprint density at radius 1 is 1.22 bits per heavy atom. The van der Waals surface area contributed by atoms with Crippen LogP contribution in [-0.2, 0) is 11.3 Å². The quantitative estimate of drug-likeness (QED) is 0.324. The summed E-state index contributed by atoms with van der Waals surface area (Å²) in [6.45, 7) is 1.63. The van der Waals surface area contributed by atoms with E-state index in [0.717, 1.165) is 19.7 Å². The molecule has 1 aromatic carbocycles. The van der Waals surface area contributed by atoms with E-state index in [1.807, 2.05) is 19.0 Å². The molecule has 32 heavy (non-hydrogen) atoms. The summed E-state index contributed by atoms with van der Waals surface area (Å²) in [5, 5.41) is 5.07. The first-order chi connectivity index (χ1) is 15.1. The Labute approximate surface area is 186 Å². The number of nitrogens with zero attached hydrogens (tertiary/aromatic N) is 2. The summed E-state index contributed by atoms with van der Waals surface area (Å²) >= 11 is 0.701. The van der Waals surface area contributed by atoms with Gasteiger partial charge in [-0.2, -0.15) is 0 Å². The van der Waals surface area contributed by atoms with E-state index in [1.165, 1.54) is 6.92 Å². The Morgan fingerprint density at radius 2 is 1.94 bits per heavy atom. The molecule has 0 saturated heterocycles. The van der Waals surface area contributed by atoms with Crippen molar-refractivity contribution in [2.45, 2.75) is 20.0 Å². The summed E-state index contributed by atoms with van der Waals surface area (Å²) in [4.78, 5) is 25.6. The first-order valence-corrected chi connectivity index (χ1v) is 10.1. The third-order valence-electron chi connectivity index (χ3n) is 4.06. The van der Waals surface area contributed by atoms with Gasteiger partial charge < -0.3 is 24.4 Å². The Kier molecular flexibility index (Phi) is 9.08. The van der Waals surface area contributed by atoms with Crippen LogP contribution in [0.15, 0.2) is 6.07 Å². The number of aryl methyl sites for hydroxylation is 1. The zero-order valence-corrected chi connectivity index (χ0v) is 18.7. The number of ether oxygens (including phenoxy) is 3. The molecule has 0 unspecified atom stereocenters. The van der Waals surface area contributed by atoms with Crippen LogP contribution < -0.4 is 20.1 Å². The fraction of sp³-hybridized carbons (Fsp3) is 0.421. The van der Waals surface area contributed by atoms with Crippen molar-refractivity contribution in [1.82, 2.24) is 14.6 Å². The fourth-order valence-corrected chi connectivity index (χ4v) is 3.08. The van der Waals surface area contributed by atoms with Crippen molar-refractivity contribution in [2.24, 2.45) is 0 Å². The van der Waals surface area contributed by atoms with Gasteiger partial charge in [0.15, 0.2) is 16.6 Å². The van der Waals surface area contributed by atoms with Gasteiger partial charge in [-0.05, 0) is 57.1 Å². The summed E-state index contributed by atoms with van der Waals surface area (Å²) in [7, 11) is 4.86. The lowest BCUT2D eigenvalue weighted by molar-refractivity contribution is 0.119. The smallest absolute Gasteiger partial charge is 0.469 e. The summed E-state index contributed by atoms with van der Waals surface area (Å²) in [6, 6.07) is 0.240. The molecule has 0 aliphatic heterocycles. The van der Waals surface area contributed by atoms with Crippen LogP contribution in [-0.4, -0.2) is 55.8 Å². The molecular weight excluding hydrogens is 453 g/mol. The number of benzene rings is 1. The van der Waals surface area contributed by atoms with E-state index in [0.29, 0.717) is 24.5 Å². The fourth-order valence-electron chi connectivity index (χ4n) is 2.42. The first kappa shape index (κ1) is 25.2. The molecule has 2 rings (SSSR count). The lowest BCUT2D eigenvalue weighted by Gasteiger charge is -2.11. The Morgan fingerprint density at radius 3 is 2.59 bits per heavy atom. The minimum Gasteiger partial charge on any atom is -0.469 e. The average molecular weight is 476 g/mol. The SMILES string of the molecule is COC(=O)Oc1c(OCc2c(F)cc(C)c(F)c2F)nsc1NC(=O)NCCCN(C)C. The average Bonchev–Trinajstić information content (AvgIpc) is 3.10. The van der Waals surface area contributed by atoms with Crippen LogP contribution in [0.1, 0.15) is 17.5 Å². The number of aromatic nitrogens is 1. The Balaban J connectivity index is 2.14. The van der Waals surface area contributed by atoms with Gasteiger partial charge in [0.2, 0.25) is 5.75 Å². The van der Waals surface area contributed by atoms with E-state index >= 15 is 0 Å². The van der Waals surface area contributed by atoms with Gasteiger partial charge in [0.05, 0.1) is 12.7 Å². The monoisotopic (exact) mass is 476 g/mol. The van der Waals surface area contributed by atoms with Crippen molar-refractivity contribution in [1.29, 1.82) is 0 Å². The van der Waals surface area contributed by atoms with Crippen molar-refractivity contribution in [3.63, 3.8) is 0 Å². The van der Waals surface area contributed by atoms with Crippen molar-refractivity contribution in [3.8, 4) is 11.6 Å². The molecule has 1 heterocycles. The van der Waals surface area contributed by atoms with Gasteiger partial charge in [0.1, 0.15) is 12.4 Å². The number of methoxy groups -OCH3 is 1. The second-order valence-electron chi connectivity index (χ2n) is 6.81. The second-order valence-corrected chi connectivity index (χ2v) is 7.58. The number of carbonyl (C=O) groups is 2. The first-order valence-electron chi connectivity index (χ1n) is 9.34. The third-order valence-corrected chi connectivity index (χ3v) is 4.78. The van der Waals surface area contributed by atoms with Crippen molar-refractivity contribution in [3.05, 3.63) is 34.6 Å². The minimum atomic E-state index is -1.40. The molecule has 2 N–H and O–H groups in total. The van der Waals surface area contributed by atoms with Crippen LogP contribution in [0.25, 0.3) is 0 Å². The molecule has 0 radical (unpaired) electrons. The van der Waals surface area contributed by atoms with Gasteiger partial charge in [-0.15, -0.1) is 4.37 Å². The van der Waals surface area contributed by atoms with Crippen LogP contribution in [0.2, 0.25) is 0 Å². The molecule has 2 amide bonds. The number of anilines is 1. The number of carbonyl (C=O) groups excluding carboxylic acids is 2. The highest BCUT2D eigenvalue weighted by Gasteiger charge is 2.24. The Bertz CT molecular complexity index is 971. The molecule has 0 fully saturated rings. The Hall–Kier alpha value is -3.06. The molecule has 0 saturated carbocycles. The topological polar surface area (TPSA) is 102 Å². The van der Waals surface area contributed by atoms with Gasteiger partial charge in [-0.25, -0.2) is 22.8 Å². The number of amides is 2.